The van der Waals surface area contributed by atoms with E-state index in [1.807, 2.05) is 12.4 Å². The molecule has 0 aromatic carbocycles. The molecule has 0 saturated carbocycles. The predicted molar refractivity (Wildman–Crippen MR) is 137 cm³/mol. The summed E-state index contributed by atoms with van der Waals surface area (Å²) in [6.45, 7) is 5.64. The maximum absolute atomic E-state index is 13.0. The summed E-state index contributed by atoms with van der Waals surface area (Å²) in [6.07, 6.45) is 3.28. The number of aromatic nitrogens is 3. The zero-order valence-corrected chi connectivity index (χ0v) is 20.8. The Bertz CT molecular complexity index is 1370. The molecular weight excluding hydrogens is 499 g/mol. The highest BCUT2D eigenvalue weighted by molar-refractivity contribution is 6.03. The normalized spacial score (nSPS) is 16.3. The Hall–Kier alpha value is -4.23. The molecule has 1 saturated heterocycles. The summed E-state index contributed by atoms with van der Waals surface area (Å²) < 4.78 is 39.0. The van der Waals surface area contributed by atoms with E-state index in [4.69, 9.17) is 0 Å². The van der Waals surface area contributed by atoms with E-state index in [1.54, 1.807) is 24.2 Å². The fourth-order valence-electron chi connectivity index (χ4n) is 4.16. The third-order valence-electron chi connectivity index (χ3n) is 6.37. The Morgan fingerprint density at radius 1 is 1.05 bits per heavy atom. The number of rotatable bonds is 5. The molecule has 5 rings (SSSR count). The van der Waals surface area contributed by atoms with Crippen LogP contribution in [0.5, 0.6) is 0 Å². The molecule has 3 aromatic heterocycles. The van der Waals surface area contributed by atoms with Gasteiger partial charge in [0, 0.05) is 50.3 Å². The lowest BCUT2D eigenvalue weighted by Crippen LogP contribution is -2.44. The van der Waals surface area contributed by atoms with Crippen LogP contribution in [0.1, 0.15) is 27.3 Å². The van der Waals surface area contributed by atoms with Crippen LogP contribution in [0.4, 0.5) is 30.2 Å². The number of hydrazine groups is 2. The van der Waals surface area contributed by atoms with E-state index in [2.05, 4.69) is 54.1 Å². The fraction of sp³-hybridized carbons (Fsp3) is 0.280. The number of anilines is 3. The van der Waals surface area contributed by atoms with Gasteiger partial charge in [-0.1, -0.05) is 0 Å². The van der Waals surface area contributed by atoms with E-state index >= 15 is 0 Å². The minimum atomic E-state index is -4.57. The molecule has 13 heteroatoms. The number of halogens is 3. The summed E-state index contributed by atoms with van der Waals surface area (Å²) in [7, 11) is 2.11. The van der Waals surface area contributed by atoms with Crippen molar-refractivity contribution < 1.29 is 18.0 Å². The Morgan fingerprint density at radius 3 is 2.61 bits per heavy atom. The van der Waals surface area contributed by atoms with Crippen LogP contribution in [0.2, 0.25) is 0 Å². The average Bonchev–Trinajstić information content (AvgIpc) is 3.40. The second kappa shape index (κ2) is 10.3. The summed E-state index contributed by atoms with van der Waals surface area (Å²) in [4.78, 5) is 29.7. The van der Waals surface area contributed by atoms with Crippen LogP contribution in [-0.4, -0.2) is 59.0 Å². The minimum Gasteiger partial charge on any atom is -0.368 e. The Balaban J connectivity index is 1.32. The first-order valence-corrected chi connectivity index (χ1v) is 11.9. The Kier molecular flexibility index (Phi) is 6.87. The summed E-state index contributed by atoms with van der Waals surface area (Å²) in [6, 6.07) is 5.27. The summed E-state index contributed by atoms with van der Waals surface area (Å²) in [5.74, 6) is -0.775. The van der Waals surface area contributed by atoms with Crippen molar-refractivity contribution in [3.63, 3.8) is 0 Å². The molecule has 2 aliphatic heterocycles. The molecule has 0 radical (unpaired) electrons. The van der Waals surface area contributed by atoms with Gasteiger partial charge in [0.2, 0.25) is 0 Å². The van der Waals surface area contributed by atoms with Crippen molar-refractivity contribution in [1.82, 2.24) is 30.8 Å². The fourth-order valence-corrected chi connectivity index (χ4v) is 4.16. The number of alkyl halides is 3. The molecule has 38 heavy (non-hydrogen) atoms. The number of nitrogens with zero attached hydrogens (tertiary/aromatic N) is 6. The summed E-state index contributed by atoms with van der Waals surface area (Å²) in [5, 5.41) is 4.28. The number of hydrogen-bond acceptors (Lipinski definition) is 9. The van der Waals surface area contributed by atoms with Crippen molar-refractivity contribution in [3.8, 4) is 0 Å². The largest absolute Gasteiger partial charge is 0.416 e. The van der Waals surface area contributed by atoms with Crippen LogP contribution < -0.4 is 26.2 Å². The number of aryl methyl sites for hydroxylation is 1. The lowest BCUT2D eigenvalue weighted by atomic mass is 10.2. The van der Waals surface area contributed by atoms with E-state index in [0.717, 1.165) is 55.4 Å². The van der Waals surface area contributed by atoms with Crippen molar-refractivity contribution in [2.24, 2.45) is 0 Å². The number of pyridine rings is 3. The van der Waals surface area contributed by atoms with Crippen molar-refractivity contribution in [1.29, 1.82) is 0 Å². The second-order valence-corrected chi connectivity index (χ2v) is 9.08. The zero-order valence-electron chi connectivity index (χ0n) is 20.8. The van der Waals surface area contributed by atoms with Gasteiger partial charge in [0.25, 0.3) is 5.91 Å². The van der Waals surface area contributed by atoms with Gasteiger partial charge in [-0.15, -0.1) is 5.53 Å². The number of likely N-dealkylation sites (N-methyl/N-ethyl adjacent to an activating group) is 1. The van der Waals surface area contributed by atoms with Crippen molar-refractivity contribution in [2.75, 3.05) is 48.5 Å². The molecule has 1 fully saturated rings. The highest BCUT2D eigenvalue weighted by atomic mass is 19.4. The molecule has 198 valence electrons. The third-order valence-corrected chi connectivity index (χ3v) is 6.37. The van der Waals surface area contributed by atoms with E-state index < -0.39 is 17.6 Å². The van der Waals surface area contributed by atoms with Crippen molar-refractivity contribution in [2.45, 2.75) is 13.1 Å². The van der Waals surface area contributed by atoms with Crippen LogP contribution in [0, 0.1) is 6.92 Å². The minimum absolute atomic E-state index is 0.303. The first-order valence-electron chi connectivity index (χ1n) is 11.9. The number of hydrogen-bond donors (Lipinski definition) is 3. The summed E-state index contributed by atoms with van der Waals surface area (Å²) >= 11 is 0. The van der Waals surface area contributed by atoms with Gasteiger partial charge < -0.3 is 20.5 Å². The quantitative estimate of drug-likeness (QED) is 0.464. The molecule has 0 aliphatic carbocycles. The van der Waals surface area contributed by atoms with Crippen LogP contribution in [0.3, 0.4) is 0 Å². The predicted octanol–water partition coefficient (Wildman–Crippen LogP) is 3.03. The van der Waals surface area contributed by atoms with E-state index in [1.165, 1.54) is 6.20 Å². The Morgan fingerprint density at radius 2 is 1.84 bits per heavy atom. The molecule has 0 spiro atoms. The average molecular weight is 526 g/mol. The number of piperazine rings is 1. The second-order valence-electron chi connectivity index (χ2n) is 9.08. The molecule has 1 amide bonds. The molecule has 3 N–H and O–H groups in total. The molecule has 2 aliphatic rings. The third kappa shape index (κ3) is 5.53. The van der Waals surface area contributed by atoms with Gasteiger partial charge in [-0.05, 0) is 38.2 Å². The molecule has 10 nitrogen and oxygen atoms in total. The van der Waals surface area contributed by atoms with E-state index in [0.29, 0.717) is 23.1 Å². The highest BCUT2D eigenvalue weighted by Crippen LogP contribution is 2.30. The number of carbonyl (C=O) groups excluding carboxylic acids is 1. The van der Waals surface area contributed by atoms with Gasteiger partial charge in [0.05, 0.1) is 46.4 Å². The Labute approximate surface area is 217 Å². The van der Waals surface area contributed by atoms with Gasteiger partial charge in [0.15, 0.2) is 0 Å². The lowest BCUT2D eigenvalue weighted by Gasteiger charge is -2.33. The van der Waals surface area contributed by atoms with E-state index in [9.17, 15) is 18.0 Å². The molecular formula is C25H26F3N9O. The van der Waals surface area contributed by atoms with Crippen LogP contribution >= 0.6 is 0 Å². The maximum Gasteiger partial charge on any atom is 0.416 e. The van der Waals surface area contributed by atoms with Gasteiger partial charge in [0.1, 0.15) is 5.69 Å². The van der Waals surface area contributed by atoms with Gasteiger partial charge in [-0.25, -0.2) is 0 Å². The molecule has 5 heterocycles. The number of carbonyl (C=O) groups is 1. The smallest absolute Gasteiger partial charge is 0.368 e. The lowest BCUT2D eigenvalue weighted by molar-refractivity contribution is -0.137. The number of nitrogens with one attached hydrogen (secondary N) is 3. The standard InChI is InChI=1S/C25H26F3N9O/c1-16-23(11-19(13-31-16)32-24(38)21-10-18(3-4-30-21)25(26,27)28)37-15-22(33-34-37)17-9-20(14-29-12-17)36-7-5-35(2)6-8-36/h3-4,9-15,33-34H,5-8H2,1-2H3,(H,32,38). The van der Waals surface area contributed by atoms with Crippen LogP contribution in [-0.2, 0) is 6.18 Å². The summed E-state index contributed by atoms with van der Waals surface area (Å²) in [5.41, 5.74) is 9.21. The highest BCUT2D eigenvalue weighted by Gasteiger charge is 2.31. The maximum atomic E-state index is 13.0. The molecule has 0 bridgehead atoms. The van der Waals surface area contributed by atoms with Crippen LogP contribution in [0.25, 0.3) is 5.70 Å². The number of amides is 1. The molecule has 3 aromatic rings. The molecule has 0 unspecified atom stereocenters. The van der Waals surface area contributed by atoms with Crippen LogP contribution in [0.15, 0.2) is 55.3 Å². The zero-order chi connectivity index (χ0) is 26.9. The monoisotopic (exact) mass is 525 g/mol. The van der Waals surface area contributed by atoms with Crippen molar-refractivity contribution >= 4 is 28.7 Å². The topological polar surface area (TPSA) is 102 Å². The van der Waals surface area contributed by atoms with Gasteiger partial charge in [-0.3, -0.25) is 24.8 Å². The first kappa shape index (κ1) is 25.4. The van der Waals surface area contributed by atoms with Gasteiger partial charge >= 0.3 is 6.18 Å². The molecule has 0 atom stereocenters. The van der Waals surface area contributed by atoms with Gasteiger partial charge in [-0.2, -0.15) is 13.2 Å². The van der Waals surface area contributed by atoms with E-state index in [-0.39, 0.29) is 5.69 Å². The van der Waals surface area contributed by atoms with Crippen molar-refractivity contribution in [3.05, 3.63) is 77.8 Å². The first-order chi connectivity index (χ1) is 18.2. The SMILES string of the molecule is Cc1ncc(NC(=O)c2cc(C(F)(F)F)ccn2)cc1N1C=C(c2cncc(N3CCN(C)CC3)c2)NN1.